The van der Waals surface area contributed by atoms with Gasteiger partial charge in [0.25, 0.3) is 5.91 Å². The molecular formula is C25H30BrF7N4O2Si. The average Bonchev–Trinajstić information content (AvgIpc) is 3.29. The van der Waals surface area contributed by atoms with E-state index in [1.165, 1.54) is 13.1 Å². The topological polar surface area (TPSA) is 57.7 Å². The molecule has 0 aliphatic carbocycles. The Morgan fingerprint density at radius 2 is 1.88 bits per heavy atom. The molecule has 2 heterocycles. The van der Waals surface area contributed by atoms with Crippen LogP contribution in [0, 0.1) is 5.82 Å². The van der Waals surface area contributed by atoms with Gasteiger partial charge in [-0.3, -0.25) is 9.69 Å². The van der Waals surface area contributed by atoms with Crippen molar-refractivity contribution in [1.29, 1.82) is 0 Å². The highest BCUT2D eigenvalue weighted by atomic mass is 79.9. The summed E-state index contributed by atoms with van der Waals surface area (Å²) >= 11 is 3.01. The Labute approximate surface area is 237 Å². The highest BCUT2D eigenvalue weighted by Gasteiger charge is 2.38. The summed E-state index contributed by atoms with van der Waals surface area (Å²) in [5.41, 5.74) is -1.90. The molecule has 1 unspecified atom stereocenters. The Kier molecular flexibility index (Phi) is 9.82. The number of likely N-dealkylation sites (N-methyl/N-ethyl adjacent to an activating group) is 1. The van der Waals surface area contributed by atoms with Crippen molar-refractivity contribution in [2.24, 2.45) is 0 Å². The van der Waals surface area contributed by atoms with Crippen molar-refractivity contribution in [2.75, 3.05) is 43.5 Å². The predicted octanol–water partition coefficient (Wildman–Crippen LogP) is 7.04. The molecule has 1 fully saturated rings. The predicted molar refractivity (Wildman–Crippen MR) is 144 cm³/mol. The van der Waals surface area contributed by atoms with Crippen LogP contribution in [0.1, 0.15) is 22.3 Å². The number of carbonyl (C=O) groups is 1. The first kappa shape index (κ1) is 32.1. The zero-order valence-electron chi connectivity index (χ0n) is 22.3. The summed E-state index contributed by atoms with van der Waals surface area (Å²) in [6.07, 6.45) is -8.19. The number of pyridine rings is 1. The fourth-order valence-corrected chi connectivity index (χ4v) is 5.27. The van der Waals surface area contributed by atoms with Crippen molar-refractivity contribution in [1.82, 2.24) is 9.88 Å². The van der Waals surface area contributed by atoms with Crippen LogP contribution in [0.3, 0.4) is 0 Å². The van der Waals surface area contributed by atoms with Crippen LogP contribution in [0.2, 0.25) is 25.7 Å². The van der Waals surface area contributed by atoms with Gasteiger partial charge in [-0.1, -0.05) is 19.6 Å². The summed E-state index contributed by atoms with van der Waals surface area (Å²) in [7, 11) is -0.177. The molecule has 0 bridgehead atoms. The smallest absolute Gasteiger partial charge is 0.417 e. The number of ether oxygens (including phenoxy) is 1. The Morgan fingerprint density at radius 1 is 1.20 bits per heavy atom. The van der Waals surface area contributed by atoms with E-state index in [1.807, 2.05) is 0 Å². The number of aromatic nitrogens is 1. The maximum absolute atomic E-state index is 14.5. The molecule has 222 valence electrons. The van der Waals surface area contributed by atoms with Crippen molar-refractivity contribution in [3.8, 4) is 5.88 Å². The number of alkyl halides is 6. The van der Waals surface area contributed by atoms with Crippen LogP contribution < -0.4 is 15.0 Å². The summed E-state index contributed by atoms with van der Waals surface area (Å²) in [6.45, 7) is 5.66. The normalized spacial score (nSPS) is 16.5. The highest BCUT2D eigenvalue weighted by molar-refractivity contribution is 9.10. The maximum Gasteiger partial charge on any atom is 0.417 e. The van der Waals surface area contributed by atoms with Crippen molar-refractivity contribution >= 4 is 41.3 Å². The third-order valence-electron chi connectivity index (χ3n) is 6.37. The average molecular weight is 660 g/mol. The zero-order valence-corrected chi connectivity index (χ0v) is 24.9. The van der Waals surface area contributed by atoms with Crippen LogP contribution in [-0.2, 0) is 6.18 Å². The van der Waals surface area contributed by atoms with E-state index in [1.54, 1.807) is 4.90 Å². The molecule has 40 heavy (non-hydrogen) atoms. The molecule has 0 spiro atoms. The van der Waals surface area contributed by atoms with Crippen molar-refractivity contribution in [3.63, 3.8) is 0 Å². The minimum absolute atomic E-state index is 0.0130. The molecule has 0 saturated carbocycles. The number of benzene rings is 1. The third kappa shape index (κ3) is 8.80. The molecule has 0 radical (unpaired) electrons. The summed E-state index contributed by atoms with van der Waals surface area (Å²) in [5.74, 6) is -2.12. The van der Waals surface area contributed by atoms with Crippen molar-refractivity contribution in [2.45, 2.75) is 50.5 Å². The lowest BCUT2D eigenvalue weighted by Gasteiger charge is -2.27. The van der Waals surface area contributed by atoms with Gasteiger partial charge in [-0.15, -0.1) is 0 Å². The quantitative estimate of drug-likeness (QED) is 0.231. The Morgan fingerprint density at radius 3 is 2.48 bits per heavy atom. The molecule has 1 aliphatic rings. The lowest BCUT2D eigenvalue weighted by molar-refractivity contribution is -0.146. The number of halogens is 8. The molecule has 1 aromatic carbocycles. The van der Waals surface area contributed by atoms with Crippen molar-refractivity contribution < 1.29 is 40.3 Å². The molecule has 3 rings (SSSR count). The second-order valence-electron chi connectivity index (χ2n) is 10.9. The van der Waals surface area contributed by atoms with Crippen LogP contribution in [0.4, 0.5) is 42.1 Å². The van der Waals surface area contributed by atoms with Gasteiger partial charge >= 0.3 is 12.4 Å². The van der Waals surface area contributed by atoms with E-state index in [0.717, 1.165) is 17.2 Å². The van der Waals surface area contributed by atoms with E-state index >= 15 is 0 Å². The lowest BCUT2D eigenvalue weighted by atomic mass is 10.1. The van der Waals surface area contributed by atoms with Gasteiger partial charge < -0.3 is 15.0 Å². The zero-order chi connectivity index (χ0) is 30.0. The van der Waals surface area contributed by atoms with Crippen LogP contribution in [0.25, 0.3) is 0 Å². The molecule has 2 aromatic rings. The summed E-state index contributed by atoms with van der Waals surface area (Å²) in [4.78, 5) is 19.7. The van der Waals surface area contributed by atoms with E-state index < -0.39 is 55.9 Å². The number of carbonyl (C=O) groups excluding carboxylic acids is 1. The van der Waals surface area contributed by atoms with Crippen LogP contribution in [0.15, 0.2) is 28.9 Å². The summed E-state index contributed by atoms with van der Waals surface area (Å²) in [6, 6.07) is 3.13. The highest BCUT2D eigenvalue weighted by Crippen LogP contribution is 2.37. The van der Waals surface area contributed by atoms with Gasteiger partial charge in [-0.05, 0) is 41.5 Å². The standard InChI is InChI=1S/C25H30BrF7N4O2Si/c1-36(14-24(28,29)30)15-5-6-37(13-15)21-11-19(27)18(26)10-20(21)35-23(38)16-12-34-22(9-17(16)25(31,32)33)39-7-8-40(2,3)4/h9-12,15H,5-8,13-14H2,1-4H3,(H,35,38). The minimum Gasteiger partial charge on any atom is -0.478 e. The number of nitrogens with one attached hydrogen (secondary N) is 1. The summed E-state index contributed by atoms with van der Waals surface area (Å²) in [5, 5.41) is 2.40. The van der Waals surface area contributed by atoms with Crippen molar-refractivity contribution in [3.05, 3.63) is 45.8 Å². The molecule has 6 nitrogen and oxygen atoms in total. The largest absolute Gasteiger partial charge is 0.478 e. The fraction of sp³-hybridized carbons (Fsp3) is 0.520. The lowest BCUT2D eigenvalue weighted by Crippen LogP contribution is -2.40. The van der Waals surface area contributed by atoms with Crippen LogP contribution in [-0.4, -0.2) is 69.4 Å². The van der Waals surface area contributed by atoms with Gasteiger partial charge in [-0.25, -0.2) is 9.37 Å². The first-order valence-electron chi connectivity index (χ1n) is 12.4. The van der Waals surface area contributed by atoms with Crippen LogP contribution >= 0.6 is 15.9 Å². The molecule has 1 atom stereocenters. The minimum atomic E-state index is -4.90. The summed E-state index contributed by atoms with van der Waals surface area (Å²) < 4.78 is 100. The molecule has 1 amide bonds. The number of hydrogen-bond donors (Lipinski definition) is 1. The molecular weight excluding hydrogens is 629 g/mol. The third-order valence-corrected chi connectivity index (χ3v) is 8.69. The van der Waals surface area contributed by atoms with E-state index in [4.69, 9.17) is 4.74 Å². The fourth-order valence-electron chi connectivity index (χ4n) is 4.21. The van der Waals surface area contributed by atoms with Gasteiger partial charge in [-0.2, -0.15) is 26.3 Å². The van der Waals surface area contributed by atoms with E-state index in [0.29, 0.717) is 18.5 Å². The second kappa shape index (κ2) is 12.2. The van der Waals surface area contributed by atoms with E-state index in [-0.39, 0.29) is 41.4 Å². The molecule has 1 N–H and O–H groups in total. The SMILES string of the molecule is CN(CC(F)(F)F)C1CCN(c2cc(F)c(Br)cc2NC(=O)c2cnc(OCC[Si](C)(C)C)cc2C(F)(F)F)C1. The first-order valence-corrected chi connectivity index (χ1v) is 16.9. The van der Waals surface area contributed by atoms with Gasteiger partial charge in [0.1, 0.15) is 5.82 Å². The molecule has 1 aliphatic heterocycles. The number of anilines is 2. The molecule has 15 heteroatoms. The number of nitrogens with zero attached hydrogens (tertiary/aromatic N) is 3. The van der Waals surface area contributed by atoms with E-state index in [9.17, 15) is 35.5 Å². The molecule has 1 saturated heterocycles. The Balaban J connectivity index is 1.86. The van der Waals surface area contributed by atoms with Gasteiger partial charge in [0, 0.05) is 45.5 Å². The molecule has 1 aromatic heterocycles. The van der Waals surface area contributed by atoms with Crippen LogP contribution in [0.5, 0.6) is 5.88 Å². The first-order chi connectivity index (χ1) is 18.3. The monoisotopic (exact) mass is 658 g/mol. The Bertz CT molecular complexity index is 1220. The van der Waals surface area contributed by atoms with Gasteiger partial charge in [0.2, 0.25) is 5.88 Å². The number of rotatable bonds is 9. The van der Waals surface area contributed by atoms with Gasteiger partial charge in [0.05, 0.1) is 40.1 Å². The second-order valence-corrected chi connectivity index (χ2v) is 17.4. The maximum atomic E-state index is 14.5. The Hall–Kier alpha value is -2.39. The van der Waals surface area contributed by atoms with Gasteiger partial charge in [0.15, 0.2) is 0 Å². The van der Waals surface area contributed by atoms with E-state index in [2.05, 4.69) is 45.9 Å². The number of amides is 1. The number of hydrogen-bond acceptors (Lipinski definition) is 5.